The number of phenols is 1. The van der Waals surface area contributed by atoms with Gasteiger partial charge in [0.2, 0.25) is 0 Å². The summed E-state index contributed by atoms with van der Waals surface area (Å²) in [5.74, 6) is -0.644. The number of aromatic nitrogens is 4. The number of nitrogens with zero attached hydrogens (tertiary/aromatic N) is 4. The van der Waals surface area contributed by atoms with Gasteiger partial charge in [0.25, 0.3) is 0 Å². The third-order valence-corrected chi connectivity index (χ3v) is 11.1. The minimum absolute atomic E-state index is 0.226. The van der Waals surface area contributed by atoms with Crippen molar-refractivity contribution in [3.05, 3.63) is 147 Å². The number of carboxylic acids is 2. The fourth-order valence-electron chi connectivity index (χ4n) is 7.35. The summed E-state index contributed by atoms with van der Waals surface area (Å²) >= 11 is 3.62. The van der Waals surface area contributed by atoms with Crippen molar-refractivity contribution in [1.82, 2.24) is 19.1 Å². The highest BCUT2D eigenvalue weighted by molar-refractivity contribution is 9.10. The molecule has 0 amide bonds. The molecule has 4 aromatic heterocycles. The second-order valence-corrected chi connectivity index (χ2v) is 15.4. The summed E-state index contributed by atoms with van der Waals surface area (Å²) in [6, 6.07) is 23.2. The minimum atomic E-state index is -0.931. The highest BCUT2D eigenvalue weighted by atomic mass is 79.9. The molecule has 2 saturated carbocycles. The fraction of sp³-hybridized carbons (Fsp3) is 0.227. The summed E-state index contributed by atoms with van der Waals surface area (Å²) in [6.07, 6.45) is 13.2. The smallest absolute Gasteiger partial charge is 0.337 e. The van der Waals surface area contributed by atoms with Crippen LogP contribution in [0, 0.1) is 0 Å². The normalized spacial score (nSPS) is 13.9. The molecule has 2 aliphatic carbocycles. The van der Waals surface area contributed by atoms with Gasteiger partial charge in [0.05, 0.1) is 33.5 Å². The Morgan fingerprint density at radius 1 is 0.685 bits per heavy atom. The van der Waals surface area contributed by atoms with Crippen molar-refractivity contribution < 1.29 is 24.9 Å². The van der Waals surface area contributed by atoms with Crippen molar-refractivity contribution in [2.75, 3.05) is 0 Å². The predicted octanol–water partition coefficient (Wildman–Crippen LogP) is 9.61. The summed E-state index contributed by atoms with van der Waals surface area (Å²) in [6.45, 7) is 0. The van der Waals surface area contributed by atoms with Crippen LogP contribution in [0.15, 0.2) is 102 Å². The lowest BCUT2D eigenvalue weighted by Crippen LogP contribution is -2.07. The highest BCUT2D eigenvalue weighted by Gasteiger charge is 2.27. The summed E-state index contributed by atoms with van der Waals surface area (Å²) in [5, 5.41) is 31.2. The Morgan fingerprint density at radius 3 is 1.67 bits per heavy atom. The molecule has 0 bridgehead atoms. The first-order valence-corrected chi connectivity index (χ1v) is 18.9. The monoisotopic (exact) mass is 782 g/mol. The van der Waals surface area contributed by atoms with Crippen LogP contribution in [0.1, 0.15) is 91.9 Å². The summed E-state index contributed by atoms with van der Waals surface area (Å²) < 4.78 is 5.15. The topological polar surface area (TPSA) is 130 Å². The Morgan fingerprint density at radius 2 is 1.17 bits per heavy atom. The summed E-state index contributed by atoms with van der Waals surface area (Å²) in [5.41, 5.74) is 10.2. The van der Waals surface area contributed by atoms with E-state index >= 15 is 0 Å². The van der Waals surface area contributed by atoms with Crippen molar-refractivity contribution >= 4 is 49.7 Å². The number of fused-ring (bicyclic) bond motifs is 2. The molecule has 3 aromatic carbocycles. The van der Waals surface area contributed by atoms with Crippen LogP contribution in [0.4, 0.5) is 0 Å². The molecule has 9 rings (SSSR count). The maximum atomic E-state index is 11.9. The van der Waals surface area contributed by atoms with Gasteiger partial charge in [0.15, 0.2) is 0 Å². The first-order chi connectivity index (χ1) is 26.0. The molecule has 0 atom stereocenters. The van der Waals surface area contributed by atoms with Gasteiger partial charge in [-0.05, 0) is 142 Å². The van der Waals surface area contributed by atoms with E-state index in [9.17, 15) is 24.9 Å². The van der Waals surface area contributed by atoms with Crippen LogP contribution in [0.2, 0.25) is 0 Å². The van der Waals surface area contributed by atoms with Gasteiger partial charge in [0.1, 0.15) is 5.75 Å². The number of halogens is 1. The van der Waals surface area contributed by atoms with E-state index in [0.717, 1.165) is 85.3 Å². The molecule has 3 N–H and O–H groups in total. The van der Waals surface area contributed by atoms with E-state index in [4.69, 9.17) is 0 Å². The zero-order chi connectivity index (χ0) is 37.7. The fourth-order valence-corrected chi connectivity index (χ4v) is 8.16. The van der Waals surface area contributed by atoms with Crippen molar-refractivity contribution in [1.29, 1.82) is 0 Å². The van der Waals surface area contributed by atoms with E-state index in [1.165, 1.54) is 0 Å². The third kappa shape index (κ3) is 7.26. The zero-order valence-electron chi connectivity index (χ0n) is 30.0. The zero-order valence-corrected chi connectivity index (χ0v) is 31.5. The second kappa shape index (κ2) is 14.2. The molecule has 2 fully saturated rings. The van der Waals surface area contributed by atoms with E-state index < -0.39 is 11.9 Å². The Kier molecular flexibility index (Phi) is 9.31. The van der Waals surface area contributed by atoms with Gasteiger partial charge >= 0.3 is 11.9 Å². The molecule has 2 aliphatic rings. The minimum Gasteiger partial charge on any atom is -0.508 e. The molecule has 0 saturated heterocycles. The van der Waals surface area contributed by atoms with Gasteiger partial charge in [-0.25, -0.2) is 9.59 Å². The number of hydrogen-bond donors (Lipinski definition) is 3. The van der Waals surface area contributed by atoms with E-state index in [0.29, 0.717) is 47.2 Å². The highest BCUT2D eigenvalue weighted by Crippen LogP contribution is 2.41. The van der Waals surface area contributed by atoms with Gasteiger partial charge in [-0.3, -0.25) is 9.97 Å². The van der Waals surface area contributed by atoms with Crippen molar-refractivity contribution in [2.45, 2.75) is 50.4 Å². The first kappa shape index (κ1) is 35.3. The van der Waals surface area contributed by atoms with Crippen LogP contribution < -0.4 is 0 Å². The van der Waals surface area contributed by atoms with Crippen molar-refractivity contribution in [2.24, 2.45) is 14.1 Å². The van der Waals surface area contributed by atoms with Gasteiger partial charge in [-0.1, -0.05) is 12.1 Å². The molecule has 10 heteroatoms. The van der Waals surface area contributed by atoms with Gasteiger partial charge in [-0.2, -0.15) is 0 Å². The van der Waals surface area contributed by atoms with E-state index in [2.05, 4.69) is 65.4 Å². The number of aryl methyl sites for hydroxylation is 2. The molecule has 0 unspecified atom stereocenters. The van der Waals surface area contributed by atoms with E-state index in [1.54, 1.807) is 24.3 Å². The van der Waals surface area contributed by atoms with Crippen LogP contribution in [0.3, 0.4) is 0 Å². The lowest BCUT2D eigenvalue weighted by Gasteiger charge is -2.12. The second-order valence-electron chi connectivity index (χ2n) is 14.5. The maximum Gasteiger partial charge on any atom is 0.337 e. The largest absolute Gasteiger partial charge is 0.508 e. The molecule has 4 heterocycles. The lowest BCUT2D eigenvalue weighted by molar-refractivity contribution is 0.0684. The Hall–Kier alpha value is -5.74. The van der Waals surface area contributed by atoms with Crippen LogP contribution >= 0.6 is 15.9 Å². The van der Waals surface area contributed by atoms with Crippen LogP contribution in [0.25, 0.3) is 32.9 Å². The number of aromatic carboxylic acids is 2. The van der Waals surface area contributed by atoms with Crippen LogP contribution in [-0.4, -0.2) is 46.4 Å². The molecule has 0 spiro atoms. The molecule has 272 valence electrons. The van der Waals surface area contributed by atoms with Crippen molar-refractivity contribution in [3.63, 3.8) is 0 Å². The van der Waals surface area contributed by atoms with Gasteiger partial charge in [-0.15, -0.1) is 0 Å². The van der Waals surface area contributed by atoms with Crippen LogP contribution in [0.5, 0.6) is 5.75 Å². The Bertz CT molecular complexity index is 2580. The number of carboxylic acid groups (broad SMARTS) is 2. The lowest BCUT2D eigenvalue weighted by atomic mass is 9.96. The third-order valence-electron chi connectivity index (χ3n) is 10.5. The summed E-state index contributed by atoms with van der Waals surface area (Å²) in [7, 11) is 4.01. The number of aromatic hydroxyl groups is 1. The first-order valence-electron chi connectivity index (χ1n) is 18.1. The van der Waals surface area contributed by atoms with Gasteiger partial charge < -0.3 is 24.5 Å². The predicted molar refractivity (Wildman–Crippen MR) is 213 cm³/mol. The Labute approximate surface area is 320 Å². The molecule has 0 radical (unpaired) electrons. The van der Waals surface area contributed by atoms with E-state index in [1.807, 2.05) is 57.1 Å². The molecule has 7 aromatic rings. The SMILES string of the molecule is Cn1ccc2cc(Cc3ncc(C4CC4)cc3C(=O)O)cc(-c3ccc(O)cc3)c21.Cn1ccc2cc(Cc3ncc(C4CC4)cc3C(=O)O)cc(Br)c21. The number of phenolic OH excluding ortho intramolecular Hbond substituents is 1. The quantitative estimate of drug-likeness (QED) is 0.133. The molecular formula is C44H39BrN4O5. The number of hydrogen-bond acceptors (Lipinski definition) is 5. The average molecular weight is 784 g/mol. The Balaban J connectivity index is 0.000000157. The number of benzene rings is 3. The number of carbonyl (C=O) groups is 2. The van der Waals surface area contributed by atoms with Crippen molar-refractivity contribution in [3.8, 4) is 16.9 Å². The number of rotatable bonds is 9. The molecule has 9 nitrogen and oxygen atoms in total. The maximum absolute atomic E-state index is 11.9. The molecule has 54 heavy (non-hydrogen) atoms. The van der Waals surface area contributed by atoms with Gasteiger partial charge in [0, 0.05) is 72.5 Å². The average Bonchev–Trinajstić information content (AvgIpc) is 4.09. The standard InChI is InChI=1S/C25H22N2O3.C19H17BrN2O2/c1-27-9-8-18-10-15(11-21(24(18)27)17-4-6-20(28)7-5-17)12-23-22(25(29)30)13-19(14-26-23)16-2-3-16;1-22-5-4-13-6-11(7-16(20)18(13)22)8-17-15(19(23)24)9-14(10-21-17)12-2-3-12/h4-11,13-14,16,28H,2-3,12H2,1H3,(H,29,30);4-7,9-10,12H,2-3,8H2,1H3,(H,23,24). The molecule has 0 aliphatic heterocycles. The van der Waals surface area contributed by atoms with E-state index in [-0.39, 0.29) is 5.75 Å². The summed E-state index contributed by atoms with van der Waals surface area (Å²) in [4.78, 5) is 32.5. The van der Waals surface area contributed by atoms with Crippen LogP contribution in [-0.2, 0) is 26.9 Å². The number of pyridine rings is 2. The molecular weight excluding hydrogens is 744 g/mol.